The molecule has 0 amide bonds. The minimum absolute atomic E-state index is 0.972. The summed E-state index contributed by atoms with van der Waals surface area (Å²) in [6.07, 6.45) is 1.81. The van der Waals surface area contributed by atoms with Crippen LogP contribution in [0.25, 0.3) is 22.3 Å². The average molecular weight is 225 g/mol. The number of rotatable bonds is 0. The first-order valence-corrected chi connectivity index (χ1v) is 5.85. The lowest BCUT2D eigenvalue weighted by molar-refractivity contribution is 1.10. The van der Waals surface area contributed by atoms with E-state index in [9.17, 15) is 0 Å². The van der Waals surface area contributed by atoms with Crippen molar-refractivity contribution in [3.63, 3.8) is 0 Å². The maximum Gasteiger partial charge on any atom is 0.121 e. The summed E-state index contributed by atoms with van der Waals surface area (Å²) in [4.78, 5) is 6.84. The molecule has 4 heteroatoms. The molecule has 3 nitrogen and oxygen atoms in total. The highest BCUT2D eigenvalue weighted by atomic mass is 32.2. The Bertz CT molecular complexity index is 702. The van der Waals surface area contributed by atoms with E-state index < -0.39 is 0 Å². The maximum atomic E-state index is 4.41. The van der Waals surface area contributed by atoms with Crippen molar-refractivity contribution >= 4 is 22.7 Å². The van der Waals surface area contributed by atoms with E-state index in [1.165, 1.54) is 15.2 Å². The van der Waals surface area contributed by atoms with Crippen molar-refractivity contribution in [2.45, 2.75) is 9.79 Å². The van der Waals surface area contributed by atoms with Crippen LogP contribution in [0.3, 0.4) is 0 Å². The monoisotopic (exact) mass is 225 g/mol. The number of hydrogen-bond acceptors (Lipinski definition) is 3. The predicted octanol–water partition coefficient (Wildman–Crippen LogP) is 3.09. The Morgan fingerprint density at radius 2 is 1.94 bits per heavy atom. The number of nitrogens with one attached hydrogen (secondary N) is 1. The molecule has 0 saturated heterocycles. The van der Waals surface area contributed by atoms with Crippen LogP contribution in [0.5, 0.6) is 0 Å². The fraction of sp³-hybridized carbons (Fsp3) is 0. The molecule has 76 valence electrons. The summed E-state index contributed by atoms with van der Waals surface area (Å²) in [6, 6.07) is 10.3. The molecule has 2 aromatic heterocycles. The first kappa shape index (κ1) is 8.35. The predicted molar refractivity (Wildman–Crippen MR) is 63.4 cm³/mol. The van der Waals surface area contributed by atoms with Gasteiger partial charge in [0.05, 0.1) is 5.52 Å². The third kappa shape index (κ3) is 0.945. The fourth-order valence-electron chi connectivity index (χ4n) is 2.07. The highest BCUT2D eigenvalue weighted by Crippen LogP contribution is 2.45. The van der Waals surface area contributed by atoms with Crippen LogP contribution < -0.4 is 0 Å². The topological polar surface area (TPSA) is 41.6 Å². The van der Waals surface area contributed by atoms with Crippen LogP contribution in [-0.4, -0.2) is 15.2 Å². The van der Waals surface area contributed by atoms with Gasteiger partial charge in [0.2, 0.25) is 0 Å². The molecule has 0 spiro atoms. The van der Waals surface area contributed by atoms with Gasteiger partial charge in [-0.15, -0.1) is 0 Å². The van der Waals surface area contributed by atoms with Gasteiger partial charge in [-0.1, -0.05) is 17.8 Å². The normalized spacial score (nSPS) is 12.8. The summed E-state index contributed by atoms with van der Waals surface area (Å²) in [5, 5.41) is 8.62. The molecular formula is C12H7N3S. The SMILES string of the molecule is c1cnc2c(c1)Sc1cccc3[nH]nc-2c13. The highest BCUT2D eigenvalue weighted by Gasteiger charge is 2.21. The van der Waals surface area contributed by atoms with Gasteiger partial charge in [-0.05, 0) is 24.3 Å². The highest BCUT2D eigenvalue weighted by molar-refractivity contribution is 7.99. The zero-order valence-electron chi connectivity index (χ0n) is 8.27. The molecule has 3 aromatic rings. The van der Waals surface area contributed by atoms with Crippen LogP contribution in [0.2, 0.25) is 0 Å². The number of nitrogens with zero attached hydrogens (tertiary/aromatic N) is 2. The Morgan fingerprint density at radius 1 is 1.00 bits per heavy atom. The third-order valence-corrected chi connectivity index (χ3v) is 3.88. The van der Waals surface area contributed by atoms with E-state index in [0.29, 0.717) is 0 Å². The van der Waals surface area contributed by atoms with Crippen LogP contribution in [0, 0.1) is 0 Å². The van der Waals surface area contributed by atoms with Crippen molar-refractivity contribution < 1.29 is 0 Å². The van der Waals surface area contributed by atoms with Crippen molar-refractivity contribution in [3.8, 4) is 11.4 Å². The molecule has 3 heterocycles. The molecule has 0 fully saturated rings. The van der Waals surface area contributed by atoms with E-state index in [2.05, 4.69) is 27.3 Å². The van der Waals surface area contributed by atoms with Crippen LogP contribution in [-0.2, 0) is 0 Å². The number of H-pyrrole nitrogens is 1. The van der Waals surface area contributed by atoms with E-state index in [4.69, 9.17) is 0 Å². The van der Waals surface area contributed by atoms with E-state index in [0.717, 1.165) is 16.9 Å². The van der Waals surface area contributed by atoms with Gasteiger partial charge in [-0.2, -0.15) is 5.10 Å². The molecular weight excluding hydrogens is 218 g/mol. The molecule has 1 aliphatic heterocycles. The summed E-state index contributed by atoms with van der Waals surface area (Å²) in [5.74, 6) is 0. The molecule has 16 heavy (non-hydrogen) atoms. The standard InChI is InChI=1S/C12H7N3S/c1-3-7-10-8(4-1)16-9-5-2-6-13-11(9)12(10)15-14-7/h1-6H,(H,14,15). The number of benzene rings is 1. The summed E-state index contributed by atoms with van der Waals surface area (Å²) >= 11 is 1.76. The maximum absolute atomic E-state index is 4.41. The largest absolute Gasteiger partial charge is 0.277 e. The lowest BCUT2D eigenvalue weighted by Crippen LogP contribution is -1.92. The number of fused-ring (bicyclic) bond motifs is 2. The Morgan fingerprint density at radius 3 is 2.94 bits per heavy atom. The smallest absolute Gasteiger partial charge is 0.121 e. The Balaban J connectivity index is 2.21. The van der Waals surface area contributed by atoms with Gasteiger partial charge in [-0.3, -0.25) is 10.1 Å². The molecule has 0 atom stereocenters. The molecule has 0 saturated carbocycles. The zero-order chi connectivity index (χ0) is 10.5. The molecule has 1 aliphatic rings. The molecule has 1 N–H and O–H groups in total. The molecule has 0 aliphatic carbocycles. The Labute approximate surface area is 95.9 Å². The van der Waals surface area contributed by atoms with Crippen LogP contribution >= 0.6 is 11.8 Å². The fourth-order valence-corrected chi connectivity index (χ4v) is 3.15. The van der Waals surface area contributed by atoms with Gasteiger partial charge in [0.25, 0.3) is 0 Å². The lowest BCUT2D eigenvalue weighted by Gasteiger charge is -2.13. The van der Waals surface area contributed by atoms with E-state index in [-0.39, 0.29) is 0 Å². The Kier molecular flexibility index (Phi) is 1.49. The third-order valence-electron chi connectivity index (χ3n) is 2.77. The molecule has 0 unspecified atom stereocenters. The molecule has 0 radical (unpaired) electrons. The summed E-state index contributed by atoms with van der Waals surface area (Å²) in [6.45, 7) is 0. The minimum atomic E-state index is 0.972. The second-order valence-corrected chi connectivity index (χ2v) is 4.79. The van der Waals surface area contributed by atoms with Gasteiger partial charge in [0.15, 0.2) is 0 Å². The van der Waals surface area contributed by atoms with Crippen molar-refractivity contribution in [2.24, 2.45) is 0 Å². The number of aromatic nitrogens is 3. The second kappa shape index (κ2) is 2.86. The van der Waals surface area contributed by atoms with E-state index >= 15 is 0 Å². The summed E-state index contributed by atoms with van der Waals surface area (Å²) < 4.78 is 0. The molecule has 0 bridgehead atoms. The second-order valence-electron chi connectivity index (χ2n) is 3.70. The first-order chi connectivity index (χ1) is 7.93. The van der Waals surface area contributed by atoms with E-state index in [1.54, 1.807) is 11.8 Å². The quantitative estimate of drug-likeness (QED) is 0.500. The van der Waals surface area contributed by atoms with Crippen LogP contribution in [0.4, 0.5) is 0 Å². The zero-order valence-corrected chi connectivity index (χ0v) is 9.08. The minimum Gasteiger partial charge on any atom is -0.277 e. The number of hydrogen-bond donors (Lipinski definition) is 1. The van der Waals surface area contributed by atoms with Gasteiger partial charge < -0.3 is 0 Å². The Hall–Kier alpha value is -1.81. The lowest BCUT2D eigenvalue weighted by atomic mass is 10.1. The van der Waals surface area contributed by atoms with Gasteiger partial charge in [0.1, 0.15) is 11.4 Å². The van der Waals surface area contributed by atoms with Crippen LogP contribution in [0.15, 0.2) is 46.3 Å². The van der Waals surface area contributed by atoms with Gasteiger partial charge >= 0.3 is 0 Å². The van der Waals surface area contributed by atoms with Crippen molar-refractivity contribution in [2.75, 3.05) is 0 Å². The van der Waals surface area contributed by atoms with Crippen molar-refractivity contribution in [1.29, 1.82) is 0 Å². The van der Waals surface area contributed by atoms with Gasteiger partial charge in [-0.25, -0.2) is 0 Å². The molecule has 4 rings (SSSR count). The average Bonchev–Trinajstić information content (AvgIpc) is 2.76. The number of aromatic amines is 1. The first-order valence-electron chi connectivity index (χ1n) is 5.04. The van der Waals surface area contributed by atoms with Crippen molar-refractivity contribution in [1.82, 2.24) is 15.2 Å². The van der Waals surface area contributed by atoms with Gasteiger partial charge in [0, 0.05) is 21.4 Å². The van der Waals surface area contributed by atoms with Crippen molar-refractivity contribution in [3.05, 3.63) is 36.5 Å². The summed E-state index contributed by atoms with van der Waals surface area (Å²) in [5.41, 5.74) is 3.04. The van der Waals surface area contributed by atoms with Crippen LogP contribution in [0.1, 0.15) is 0 Å². The molecule has 1 aromatic carbocycles. The number of pyridine rings is 1. The van der Waals surface area contributed by atoms with E-state index in [1.807, 2.05) is 24.4 Å². The summed E-state index contributed by atoms with van der Waals surface area (Å²) in [7, 11) is 0.